The molecular weight excluding hydrogens is 268 g/mol. The second-order valence-corrected chi connectivity index (χ2v) is 6.51. The van der Waals surface area contributed by atoms with Gasteiger partial charge in [0.25, 0.3) is 0 Å². The average Bonchev–Trinajstić information content (AvgIpc) is 2.53. The summed E-state index contributed by atoms with van der Waals surface area (Å²) in [7, 11) is 0. The molecule has 22 heavy (non-hydrogen) atoms. The largest absolute Gasteiger partial charge is 0.508 e. The standard InChI is InChI=1S/C21H34O/c1-4-7-8-11-18(6-3)12-9-13-19(10-5-2)20-14-16-21(22)17-15-20/h5,14-19,22H,2,4,6-13H2,1,3H3. The summed E-state index contributed by atoms with van der Waals surface area (Å²) in [6.45, 7) is 8.51. The monoisotopic (exact) mass is 302 g/mol. The molecule has 0 amide bonds. The highest BCUT2D eigenvalue weighted by atomic mass is 16.3. The van der Waals surface area contributed by atoms with E-state index in [1.807, 2.05) is 6.08 Å². The van der Waals surface area contributed by atoms with Gasteiger partial charge in [0.05, 0.1) is 0 Å². The van der Waals surface area contributed by atoms with E-state index in [0.29, 0.717) is 11.7 Å². The smallest absolute Gasteiger partial charge is 0.115 e. The van der Waals surface area contributed by atoms with Crippen molar-refractivity contribution in [3.05, 3.63) is 42.5 Å². The Labute approximate surface area is 137 Å². The molecule has 0 aliphatic rings. The molecule has 1 heteroatoms. The number of aromatic hydroxyl groups is 1. The van der Waals surface area contributed by atoms with Crippen LogP contribution < -0.4 is 0 Å². The zero-order valence-corrected chi connectivity index (χ0v) is 14.6. The zero-order valence-electron chi connectivity index (χ0n) is 14.6. The highest BCUT2D eigenvalue weighted by Gasteiger charge is 2.12. The lowest BCUT2D eigenvalue weighted by Gasteiger charge is -2.19. The highest BCUT2D eigenvalue weighted by Crippen LogP contribution is 2.29. The van der Waals surface area contributed by atoms with E-state index in [9.17, 15) is 5.11 Å². The fourth-order valence-corrected chi connectivity index (χ4v) is 3.26. The van der Waals surface area contributed by atoms with Crippen molar-refractivity contribution in [2.24, 2.45) is 5.92 Å². The molecule has 124 valence electrons. The van der Waals surface area contributed by atoms with E-state index >= 15 is 0 Å². The van der Waals surface area contributed by atoms with Crippen LogP contribution in [0.2, 0.25) is 0 Å². The van der Waals surface area contributed by atoms with Gasteiger partial charge in [0.15, 0.2) is 0 Å². The van der Waals surface area contributed by atoms with E-state index in [1.165, 1.54) is 56.9 Å². The Kier molecular flexibility index (Phi) is 9.70. The maximum atomic E-state index is 9.43. The number of unbranched alkanes of at least 4 members (excludes halogenated alkanes) is 2. The van der Waals surface area contributed by atoms with Gasteiger partial charge in [0, 0.05) is 0 Å². The van der Waals surface area contributed by atoms with Crippen molar-refractivity contribution in [3.63, 3.8) is 0 Å². The van der Waals surface area contributed by atoms with Crippen LogP contribution in [0.5, 0.6) is 5.75 Å². The summed E-state index contributed by atoms with van der Waals surface area (Å²) < 4.78 is 0. The second kappa shape index (κ2) is 11.3. The molecule has 0 fully saturated rings. The minimum absolute atomic E-state index is 0.350. The maximum absolute atomic E-state index is 9.43. The van der Waals surface area contributed by atoms with Gasteiger partial charge in [-0.05, 0) is 42.4 Å². The molecule has 0 saturated heterocycles. The Balaban J connectivity index is 2.43. The van der Waals surface area contributed by atoms with Crippen molar-refractivity contribution >= 4 is 0 Å². The molecule has 0 spiro atoms. The Morgan fingerprint density at radius 2 is 1.68 bits per heavy atom. The van der Waals surface area contributed by atoms with Crippen LogP contribution >= 0.6 is 0 Å². The number of hydrogen-bond donors (Lipinski definition) is 1. The summed E-state index contributed by atoms with van der Waals surface area (Å²) in [5.41, 5.74) is 1.33. The molecular formula is C21H34O. The van der Waals surface area contributed by atoms with Gasteiger partial charge < -0.3 is 5.11 Å². The molecule has 1 nitrogen and oxygen atoms in total. The van der Waals surface area contributed by atoms with Crippen molar-refractivity contribution in [1.29, 1.82) is 0 Å². The van der Waals surface area contributed by atoms with Gasteiger partial charge in [0.2, 0.25) is 0 Å². The van der Waals surface area contributed by atoms with Gasteiger partial charge in [-0.2, -0.15) is 0 Å². The minimum Gasteiger partial charge on any atom is -0.508 e. The summed E-state index contributed by atoms with van der Waals surface area (Å²) in [5, 5.41) is 9.43. The SMILES string of the molecule is C=CCC(CCCC(CC)CCCCC)c1ccc(O)cc1. The van der Waals surface area contributed by atoms with Gasteiger partial charge in [-0.1, -0.05) is 77.0 Å². The number of benzene rings is 1. The molecule has 0 radical (unpaired) electrons. The number of allylic oxidation sites excluding steroid dienone is 1. The van der Waals surface area contributed by atoms with Crippen molar-refractivity contribution in [3.8, 4) is 5.75 Å². The van der Waals surface area contributed by atoms with E-state index in [-0.39, 0.29) is 0 Å². The highest BCUT2D eigenvalue weighted by molar-refractivity contribution is 5.28. The van der Waals surface area contributed by atoms with E-state index in [4.69, 9.17) is 0 Å². The first kappa shape index (κ1) is 18.8. The molecule has 1 N–H and O–H groups in total. The molecule has 0 aliphatic heterocycles. The van der Waals surface area contributed by atoms with Crippen LogP contribution in [0.25, 0.3) is 0 Å². The predicted octanol–water partition coefficient (Wildman–Crippen LogP) is 6.83. The van der Waals surface area contributed by atoms with Gasteiger partial charge in [-0.15, -0.1) is 6.58 Å². The molecule has 1 rings (SSSR count). The number of phenols is 1. The summed E-state index contributed by atoms with van der Waals surface area (Å²) in [6.07, 6.45) is 13.7. The second-order valence-electron chi connectivity index (χ2n) is 6.51. The van der Waals surface area contributed by atoms with Crippen LogP contribution in [0.4, 0.5) is 0 Å². The third-order valence-electron chi connectivity index (χ3n) is 4.77. The van der Waals surface area contributed by atoms with Gasteiger partial charge in [-0.25, -0.2) is 0 Å². The number of hydrogen-bond acceptors (Lipinski definition) is 1. The third kappa shape index (κ3) is 7.15. The zero-order chi connectivity index (χ0) is 16.2. The van der Waals surface area contributed by atoms with Crippen LogP contribution in [0.1, 0.15) is 83.1 Å². The van der Waals surface area contributed by atoms with E-state index < -0.39 is 0 Å². The maximum Gasteiger partial charge on any atom is 0.115 e. The average molecular weight is 303 g/mol. The summed E-state index contributed by atoms with van der Waals surface area (Å²) in [6, 6.07) is 7.71. The Bertz CT molecular complexity index is 393. The summed E-state index contributed by atoms with van der Waals surface area (Å²) in [5.74, 6) is 1.80. The van der Waals surface area contributed by atoms with Crippen molar-refractivity contribution in [1.82, 2.24) is 0 Å². The number of rotatable bonds is 12. The first-order valence-electron chi connectivity index (χ1n) is 9.11. The van der Waals surface area contributed by atoms with Crippen molar-refractivity contribution < 1.29 is 5.11 Å². The first-order chi connectivity index (χ1) is 10.7. The fraction of sp³-hybridized carbons (Fsp3) is 0.619. The van der Waals surface area contributed by atoms with Gasteiger partial charge in [0.1, 0.15) is 5.75 Å². The van der Waals surface area contributed by atoms with E-state index in [0.717, 1.165) is 12.3 Å². The van der Waals surface area contributed by atoms with Crippen LogP contribution in [0.15, 0.2) is 36.9 Å². The molecule has 1 aromatic rings. The topological polar surface area (TPSA) is 20.2 Å². The molecule has 2 unspecified atom stereocenters. The van der Waals surface area contributed by atoms with Gasteiger partial charge in [-0.3, -0.25) is 0 Å². The molecule has 0 bridgehead atoms. The molecule has 1 aromatic carbocycles. The van der Waals surface area contributed by atoms with E-state index in [1.54, 1.807) is 12.1 Å². The molecule has 0 aromatic heterocycles. The van der Waals surface area contributed by atoms with Crippen LogP contribution in [0.3, 0.4) is 0 Å². The molecule has 0 aliphatic carbocycles. The van der Waals surface area contributed by atoms with Crippen molar-refractivity contribution in [2.75, 3.05) is 0 Å². The quantitative estimate of drug-likeness (QED) is 0.331. The fourth-order valence-electron chi connectivity index (χ4n) is 3.26. The Hall–Kier alpha value is -1.24. The summed E-state index contributed by atoms with van der Waals surface area (Å²) >= 11 is 0. The predicted molar refractivity (Wildman–Crippen MR) is 97.4 cm³/mol. The Morgan fingerprint density at radius 3 is 2.27 bits per heavy atom. The molecule has 0 heterocycles. The molecule has 0 saturated carbocycles. The lowest BCUT2D eigenvalue weighted by atomic mass is 9.87. The third-order valence-corrected chi connectivity index (χ3v) is 4.77. The lowest BCUT2D eigenvalue weighted by molar-refractivity contribution is 0.391. The van der Waals surface area contributed by atoms with Crippen LogP contribution in [-0.4, -0.2) is 5.11 Å². The first-order valence-corrected chi connectivity index (χ1v) is 9.11. The normalized spacial score (nSPS) is 13.7. The molecule has 2 atom stereocenters. The number of phenolic OH excluding ortho intramolecular Hbond substituents is 1. The van der Waals surface area contributed by atoms with E-state index in [2.05, 4.69) is 32.6 Å². The lowest BCUT2D eigenvalue weighted by Crippen LogP contribution is -2.02. The Morgan fingerprint density at radius 1 is 1.00 bits per heavy atom. The summed E-state index contributed by atoms with van der Waals surface area (Å²) in [4.78, 5) is 0. The minimum atomic E-state index is 0.350. The van der Waals surface area contributed by atoms with Crippen LogP contribution in [0, 0.1) is 5.92 Å². The van der Waals surface area contributed by atoms with Crippen LogP contribution in [-0.2, 0) is 0 Å². The van der Waals surface area contributed by atoms with Gasteiger partial charge >= 0.3 is 0 Å². The van der Waals surface area contributed by atoms with Crippen molar-refractivity contribution in [2.45, 2.75) is 77.6 Å².